The van der Waals surface area contributed by atoms with Crippen molar-refractivity contribution in [2.45, 2.75) is 6.61 Å². The maximum atomic E-state index is 10.2. The predicted molar refractivity (Wildman–Crippen MR) is 50.2 cm³/mol. The van der Waals surface area contributed by atoms with E-state index < -0.39 is 11.0 Å². The van der Waals surface area contributed by atoms with Gasteiger partial charge in [0.2, 0.25) is 11.8 Å². The van der Waals surface area contributed by atoms with Gasteiger partial charge >= 0.3 is 0 Å². The first-order chi connectivity index (χ1) is 7.15. The van der Waals surface area contributed by atoms with Crippen LogP contribution in [0.4, 0.5) is 0 Å². The summed E-state index contributed by atoms with van der Waals surface area (Å²) >= 11 is 0. The minimum absolute atomic E-state index is 0.172. The third-order valence-corrected chi connectivity index (χ3v) is 1.78. The maximum absolute atomic E-state index is 10.2. The first-order valence-electron chi connectivity index (χ1n) is 3.89. The zero-order valence-electron chi connectivity index (χ0n) is 8.17. The number of ether oxygens (including phenoxy) is 2. The minimum Gasteiger partial charge on any atom is -0.481 e. The number of hydrogen-bond acceptors (Lipinski definition) is 7. The van der Waals surface area contributed by atoms with E-state index in [1.807, 2.05) is 0 Å². The topological polar surface area (TPSA) is 87.6 Å². The van der Waals surface area contributed by atoms with Crippen LogP contribution in [0, 0.1) is 0 Å². The van der Waals surface area contributed by atoms with Gasteiger partial charge in [-0.2, -0.15) is 9.97 Å². The Hall–Kier alpha value is -1.41. The first kappa shape index (κ1) is 11.7. The van der Waals surface area contributed by atoms with E-state index in [9.17, 15) is 8.42 Å². The van der Waals surface area contributed by atoms with E-state index >= 15 is 0 Å². The summed E-state index contributed by atoms with van der Waals surface area (Å²) in [5.74, 6) is 0.730. The van der Waals surface area contributed by atoms with Gasteiger partial charge in [-0.3, -0.25) is 4.18 Å². The second-order valence-corrected chi connectivity index (χ2v) is 3.07. The lowest BCUT2D eigenvalue weighted by molar-refractivity contribution is 0.302. The molecule has 0 atom stereocenters. The van der Waals surface area contributed by atoms with Gasteiger partial charge in [-0.05, 0) is 0 Å². The molecule has 1 aromatic rings. The highest BCUT2D eigenvalue weighted by Gasteiger charge is 2.05. The molecule has 84 valence electrons. The number of thiol groups is 1. The van der Waals surface area contributed by atoms with Crippen LogP contribution in [0.3, 0.4) is 0 Å². The van der Waals surface area contributed by atoms with Crippen LogP contribution in [0.25, 0.3) is 0 Å². The Morgan fingerprint density at radius 2 is 1.73 bits per heavy atom. The molecule has 7 nitrogen and oxygen atoms in total. The fourth-order valence-corrected chi connectivity index (χ4v) is 1.05. The van der Waals surface area contributed by atoms with Gasteiger partial charge in [0.1, 0.15) is 6.61 Å². The standard InChI is InChI=1S/C7H10N2O5S/c1-12-6-3-7(13-2)9-5(8-6)4-14-15(10)11/h3,15H,4H2,1-2H3. The Bertz CT molecular complexity index is 376. The average Bonchev–Trinajstić information content (AvgIpc) is 2.25. The van der Waals surface area contributed by atoms with Crippen LogP contribution in [0.1, 0.15) is 5.82 Å². The fourth-order valence-electron chi connectivity index (χ4n) is 0.834. The van der Waals surface area contributed by atoms with Crippen LogP contribution in [0.15, 0.2) is 6.07 Å². The van der Waals surface area contributed by atoms with Crippen molar-refractivity contribution < 1.29 is 22.1 Å². The van der Waals surface area contributed by atoms with E-state index in [4.69, 9.17) is 9.47 Å². The summed E-state index contributed by atoms with van der Waals surface area (Å²) in [7, 11) is -0.0515. The van der Waals surface area contributed by atoms with Crippen molar-refractivity contribution in [1.29, 1.82) is 0 Å². The van der Waals surface area contributed by atoms with E-state index in [0.717, 1.165) is 0 Å². The zero-order chi connectivity index (χ0) is 11.3. The SMILES string of the molecule is COc1cc(OC)nc(CO[SH](=O)=O)n1. The second kappa shape index (κ2) is 5.47. The second-order valence-electron chi connectivity index (χ2n) is 2.37. The Balaban J connectivity index is 2.86. The molecule has 1 heterocycles. The molecule has 1 rings (SSSR count). The van der Waals surface area contributed by atoms with Crippen molar-refractivity contribution in [3.8, 4) is 11.8 Å². The van der Waals surface area contributed by atoms with Crippen LogP contribution in [-0.2, 0) is 21.8 Å². The molecule has 1 aromatic heterocycles. The van der Waals surface area contributed by atoms with Crippen molar-refractivity contribution >= 4 is 11.0 Å². The Kier molecular flexibility index (Phi) is 4.25. The summed E-state index contributed by atoms with van der Waals surface area (Å²) in [6, 6.07) is 1.47. The van der Waals surface area contributed by atoms with Crippen LogP contribution in [0.2, 0.25) is 0 Å². The number of rotatable bonds is 5. The minimum atomic E-state index is -2.91. The lowest BCUT2D eigenvalue weighted by Crippen LogP contribution is -2.02. The van der Waals surface area contributed by atoms with E-state index in [1.54, 1.807) is 0 Å². The molecular weight excluding hydrogens is 224 g/mol. The number of methoxy groups -OCH3 is 2. The molecule has 0 saturated heterocycles. The quantitative estimate of drug-likeness (QED) is 0.689. The van der Waals surface area contributed by atoms with Crippen molar-refractivity contribution in [3.05, 3.63) is 11.9 Å². The van der Waals surface area contributed by atoms with Crippen molar-refractivity contribution in [2.75, 3.05) is 14.2 Å². The summed E-state index contributed by atoms with van der Waals surface area (Å²) in [6.45, 7) is -0.244. The van der Waals surface area contributed by atoms with E-state index in [-0.39, 0.29) is 24.2 Å². The normalized spacial score (nSPS) is 10.3. The van der Waals surface area contributed by atoms with Gasteiger partial charge < -0.3 is 9.47 Å². The molecule has 0 spiro atoms. The molecule has 0 aliphatic carbocycles. The molecule has 0 fully saturated rings. The summed E-state index contributed by atoms with van der Waals surface area (Å²) in [6.07, 6.45) is 0. The molecule has 0 aromatic carbocycles. The van der Waals surface area contributed by atoms with Gasteiger partial charge in [-0.25, -0.2) is 8.42 Å². The highest BCUT2D eigenvalue weighted by atomic mass is 32.2. The summed E-state index contributed by atoms with van der Waals surface area (Å²) < 4.78 is 34.4. The van der Waals surface area contributed by atoms with Crippen LogP contribution in [0.5, 0.6) is 11.8 Å². The van der Waals surface area contributed by atoms with Gasteiger partial charge in [-0.1, -0.05) is 0 Å². The Labute approximate surface area is 88.2 Å². The highest BCUT2D eigenvalue weighted by Crippen LogP contribution is 2.14. The average molecular weight is 234 g/mol. The van der Waals surface area contributed by atoms with Crippen LogP contribution >= 0.6 is 0 Å². The molecule has 0 aliphatic rings. The van der Waals surface area contributed by atoms with Gasteiger partial charge in [0, 0.05) is 0 Å². The zero-order valence-corrected chi connectivity index (χ0v) is 9.06. The predicted octanol–water partition coefficient (Wildman–Crippen LogP) is -0.463. The van der Waals surface area contributed by atoms with Gasteiger partial charge in [0.05, 0.1) is 20.3 Å². The molecule has 0 N–H and O–H groups in total. The van der Waals surface area contributed by atoms with Crippen LogP contribution in [-0.4, -0.2) is 32.6 Å². The van der Waals surface area contributed by atoms with Gasteiger partial charge in [-0.15, -0.1) is 0 Å². The highest BCUT2D eigenvalue weighted by molar-refractivity contribution is 7.67. The van der Waals surface area contributed by atoms with Crippen molar-refractivity contribution in [1.82, 2.24) is 9.97 Å². The van der Waals surface area contributed by atoms with E-state index in [0.29, 0.717) is 0 Å². The molecule has 0 amide bonds. The molecule has 0 aliphatic heterocycles. The fraction of sp³-hybridized carbons (Fsp3) is 0.429. The Morgan fingerprint density at radius 3 is 2.13 bits per heavy atom. The Morgan fingerprint density at radius 1 is 1.20 bits per heavy atom. The summed E-state index contributed by atoms with van der Waals surface area (Å²) in [5.41, 5.74) is 0. The van der Waals surface area contributed by atoms with E-state index in [2.05, 4.69) is 14.2 Å². The molecule has 0 saturated carbocycles. The van der Waals surface area contributed by atoms with Gasteiger partial charge in [0.15, 0.2) is 5.82 Å². The maximum Gasteiger partial charge on any atom is 0.257 e. The molecule has 8 heteroatoms. The summed E-state index contributed by atoms with van der Waals surface area (Å²) in [4.78, 5) is 7.73. The monoisotopic (exact) mass is 234 g/mol. The van der Waals surface area contributed by atoms with E-state index in [1.165, 1.54) is 20.3 Å². The number of nitrogens with zero attached hydrogens (tertiary/aromatic N) is 2. The van der Waals surface area contributed by atoms with Crippen molar-refractivity contribution in [3.63, 3.8) is 0 Å². The molecule has 15 heavy (non-hydrogen) atoms. The van der Waals surface area contributed by atoms with Gasteiger partial charge in [0.25, 0.3) is 11.0 Å². The third-order valence-electron chi connectivity index (χ3n) is 1.44. The molecular formula is C7H10N2O5S. The first-order valence-corrected chi connectivity index (χ1v) is 4.98. The van der Waals surface area contributed by atoms with Crippen LogP contribution < -0.4 is 9.47 Å². The lowest BCUT2D eigenvalue weighted by atomic mass is 10.5. The summed E-state index contributed by atoms with van der Waals surface area (Å²) in [5, 5.41) is 0. The van der Waals surface area contributed by atoms with Crippen molar-refractivity contribution in [2.24, 2.45) is 0 Å². The molecule has 0 bridgehead atoms. The smallest absolute Gasteiger partial charge is 0.257 e. The number of hydrogen-bond donors (Lipinski definition) is 1. The number of aromatic nitrogens is 2. The molecule has 0 unspecified atom stereocenters. The third kappa shape index (κ3) is 3.68. The largest absolute Gasteiger partial charge is 0.481 e. The molecule has 0 radical (unpaired) electrons. The lowest BCUT2D eigenvalue weighted by Gasteiger charge is -2.04.